The van der Waals surface area contributed by atoms with Crippen LogP contribution in [-0.2, 0) is 12.8 Å². The maximum Gasteiger partial charge on any atom is 0.153 e. The summed E-state index contributed by atoms with van der Waals surface area (Å²) in [5.41, 5.74) is 3.47. The van der Waals surface area contributed by atoms with E-state index in [9.17, 15) is 4.79 Å². The quantitative estimate of drug-likeness (QED) is 0.776. The van der Waals surface area contributed by atoms with Gasteiger partial charge in [-0.25, -0.2) is 0 Å². The minimum atomic E-state index is 0.0347. The van der Waals surface area contributed by atoms with Gasteiger partial charge in [0, 0.05) is 0 Å². The molecule has 1 N–H and O–H groups in total. The first-order valence-electron chi connectivity index (χ1n) is 6.11. The van der Waals surface area contributed by atoms with Gasteiger partial charge >= 0.3 is 0 Å². The van der Waals surface area contributed by atoms with E-state index in [1.807, 2.05) is 0 Å². The van der Waals surface area contributed by atoms with Crippen LogP contribution in [0.5, 0.6) is 5.75 Å². The summed E-state index contributed by atoms with van der Waals surface area (Å²) < 4.78 is 0. The third-order valence-corrected chi connectivity index (χ3v) is 3.07. The molecule has 0 atom stereocenters. The van der Waals surface area contributed by atoms with Gasteiger partial charge in [0.1, 0.15) is 5.75 Å². The van der Waals surface area contributed by atoms with Crippen molar-refractivity contribution in [1.29, 1.82) is 0 Å². The number of hydrogen-bond donors (Lipinski definition) is 1. The van der Waals surface area contributed by atoms with Gasteiger partial charge in [0.25, 0.3) is 0 Å². The Balaban J connectivity index is 0.000000134. The molecule has 0 spiro atoms. The van der Waals surface area contributed by atoms with Crippen molar-refractivity contribution in [2.45, 2.75) is 19.3 Å². The molecule has 0 radical (unpaired) electrons. The zero-order chi connectivity index (χ0) is 12.8. The topological polar surface area (TPSA) is 37.3 Å². The minimum Gasteiger partial charge on any atom is -0.507 e. The van der Waals surface area contributed by atoms with Crippen molar-refractivity contribution >= 4 is 6.29 Å². The maximum absolute atomic E-state index is 10.1. The minimum absolute atomic E-state index is 0.0347. The smallest absolute Gasteiger partial charge is 0.153 e. The van der Waals surface area contributed by atoms with Crippen LogP contribution >= 0.6 is 0 Å². The molecule has 0 bridgehead atoms. The van der Waals surface area contributed by atoms with Gasteiger partial charge in [0.05, 0.1) is 5.56 Å². The Kier molecular flexibility index (Phi) is 4.13. The van der Waals surface area contributed by atoms with E-state index in [0.717, 1.165) is 0 Å². The summed E-state index contributed by atoms with van der Waals surface area (Å²) in [6.45, 7) is 0. The van der Waals surface area contributed by atoms with Gasteiger partial charge in [-0.2, -0.15) is 0 Å². The van der Waals surface area contributed by atoms with E-state index in [4.69, 9.17) is 5.11 Å². The molecule has 0 aliphatic heterocycles. The summed E-state index contributed by atoms with van der Waals surface area (Å²) >= 11 is 0. The van der Waals surface area contributed by atoms with Crippen LogP contribution < -0.4 is 0 Å². The molecule has 0 heterocycles. The SMILES string of the molecule is O=Cc1ccccc1O.c1ccc2c(c1)CCC2. The highest BCUT2D eigenvalue weighted by molar-refractivity contribution is 5.78. The lowest BCUT2D eigenvalue weighted by Crippen LogP contribution is -1.77. The van der Waals surface area contributed by atoms with Crippen molar-refractivity contribution in [1.82, 2.24) is 0 Å². The molecule has 3 rings (SSSR count). The molecule has 0 fully saturated rings. The molecule has 2 aromatic carbocycles. The molecule has 0 unspecified atom stereocenters. The van der Waals surface area contributed by atoms with Crippen LogP contribution in [0.4, 0.5) is 0 Å². The van der Waals surface area contributed by atoms with Gasteiger partial charge in [-0.1, -0.05) is 36.4 Å². The molecule has 0 amide bonds. The molecule has 2 nitrogen and oxygen atoms in total. The highest BCUT2D eigenvalue weighted by Gasteiger charge is 2.07. The number of aldehydes is 1. The van der Waals surface area contributed by atoms with Crippen LogP contribution in [0.15, 0.2) is 48.5 Å². The number of phenolic OH excluding ortho intramolecular Hbond substituents is 1. The summed E-state index contributed by atoms with van der Waals surface area (Å²) in [5.74, 6) is 0.0347. The third-order valence-electron chi connectivity index (χ3n) is 3.07. The second-order valence-corrected chi connectivity index (χ2v) is 4.30. The Morgan fingerprint density at radius 3 is 1.94 bits per heavy atom. The molecule has 1 aliphatic carbocycles. The first kappa shape index (κ1) is 12.4. The molecular weight excluding hydrogens is 224 g/mol. The number of carbonyl (C=O) groups is 1. The average Bonchev–Trinajstić information content (AvgIpc) is 2.88. The molecule has 2 heteroatoms. The highest BCUT2D eigenvalue weighted by Crippen LogP contribution is 2.20. The van der Waals surface area contributed by atoms with E-state index >= 15 is 0 Å². The molecule has 0 saturated heterocycles. The Labute approximate surface area is 107 Å². The first-order valence-corrected chi connectivity index (χ1v) is 6.11. The summed E-state index contributed by atoms with van der Waals surface area (Å²) in [5, 5.41) is 8.88. The number of para-hydroxylation sites is 1. The number of benzene rings is 2. The number of aryl methyl sites for hydroxylation is 2. The van der Waals surface area contributed by atoms with Crippen molar-refractivity contribution < 1.29 is 9.90 Å². The Morgan fingerprint density at radius 1 is 0.889 bits per heavy atom. The lowest BCUT2D eigenvalue weighted by molar-refractivity contribution is 0.112. The number of aromatic hydroxyl groups is 1. The van der Waals surface area contributed by atoms with Gasteiger partial charge in [-0.15, -0.1) is 0 Å². The molecule has 18 heavy (non-hydrogen) atoms. The Hall–Kier alpha value is -2.09. The van der Waals surface area contributed by atoms with Gasteiger partial charge < -0.3 is 5.11 Å². The fraction of sp³-hybridized carbons (Fsp3) is 0.188. The molecule has 1 aliphatic rings. The molecule has 2 aromatic rings. The largest absolute Gasteiger partial charge is 0.507 e. The fourth-order valence-corrected chi connectivity index (χ4v) is 2.10. The molecule has 0 saturated carbocycles. The number of rotatable bonds is 1. The summed E-state index contributed by atoms with van der Waals surface area (Å²) in [4.78, 5) is 10.1. The zero-order valence-corrected chi connectivity index (χ0v) is 10.2. The number of hydrogen-bond acceptors (Lipinski definition) is 2. The second kappa shape index (κ2) is 6.01. The summed E-state index contributed by atoms with van der Waals surface area (Å²) in [7, 11) is 0. The lowest BCUT2D eigenvalue weighted by atomic mass is 10.1. The number of phenols is 1. The predicted octanol–water partition coefficient (Wildman–Crippen LogP) is 3.38. The van der Waals surface area contributed by atoms with Crippen molar-refractivity contribution in [2.24, 2.45) is 0 Å². The van der Waals surface area contributed by atoms with Gasteiger partial charge in [0.2, 0.25) is 0 Å². The Morgan fingerprint density at radius 2 is 1.44 bits per heavy atom. The first-order chi connectivity index (χ1) is 8.81. The van der Waals surface area contributed by atoms with Crippen LogP contribution in [0.3, 0.4) is 0 Å². The average molecular weight is 240 g/mol. The lowest BCUT2D eigenvalue weighted by Gasteiger charge is -1.93. The number of carbonyl (C=O) groups excluding carboxylic acids is 1. The molecule has 92 valence electrons. The van der Waals surface area contributed by atoms with E-state index < -0.39 is 0 Å². The third kappa shape index (κ3) is 2.98. The highest BCUT2D eigenvalue weighted by atomic mass is 16.3. The monoisotopic (exact) mass is 240 g/mol. The van der Waals surface area contributed by atoms with Crippen molar-refractivity contribution in [3.63, 3.8) is 0 Å². The van der Waals surface area contributed by atoms with Crippen molar-refractivity contribution in [2.75, 3.05) is 0 Å². The van der Waals surface area contributed by atoms with E-state index in [-0.39, 0.29) is 5.75 Å². The van der Waals surface area contributed by atoms with Crippen LogP contribution in [0.25, 0.3) is 0 Å². The molecular formula is C16H16O2. The van der Waals surface area contributed by atoms with Crippen LogP contribution in [0, 0.1) is 0 Å². The summed E-state index contributed by atoms with van der Waals surface area (Å²) in [6, 6.07) is 15.1. The van der Waals surface area contributed by atoms with Gasteiger partial charge in [-0.05, 0) is 42.5 Å². The summed E-state index contributed by atoms with van der Waals surface area (Å²) in [6.07, 6.45) is 4.58. The van der Waals surface area contributed by atoms with Crippen LogP contribution in [0.2, 0.25) is 0 Å². The van der Waals surface area contributed by atoms with Crippen LogP contribution in [-0.4, -0.2) is 11.4 Å². The Bertz CT molecular complexity index is 509. The second-order valence-electron chi connectivity index (χ2n) is 4.30. The van der Waals surface area contributed by atoms with E-state index in [0.29, 0.717) is 11.8 Å². The van der Waals surface area contributed by atoms with E-state index in [1.54, 1.807) is 29.3 Å². The zero-order valence-electron chi connectivity index (χ0n) is 10.2. The van der Waals surface area contributed by atoms with Crippen molar-refractivity contribution in [3.05, 3.63) is 65.2 Å². The predicted molar refractivity (Wildman–Crippen MR) is 72.0 cm³/mol. The van der Waals surface area contributed by atoms with Crippen LogP contribution in [0.1, 0.15) is 27.9 Å². The maximum atomic E-state index is 10.1. The van der Waals surface area contributed by atoms with Crippen molar-refractivity contribution in [3.8, 4) is 5.75 Å². The van der Waals surface area contributed by atoms with Gasteiger partial charge in [-0.3, -0.25) is 4.79 Å². The normalized spacial score (nSPS) is 12.2. The fourth-order valence-electron chi connectivity index (χ4n) is 2.10. The number of fused-ring (bicyclic) bond motifs is 1. The van der Waals surface area contributed by atoms with Gasteiger partial charge in [0.15, 0.2) is 6.29 Å². The van der Waals surface area contributed by atoms with E-state index in [2.05, 4.69) is 24.3 Å². The van der Waals surface area contributed by atoms with E-state index in [1.165, 1.54) is 25.3 Å². The standard InChI is InChI=1S/C9H10.C7H6O2/c1-2-5-9-7-3-6-8(9)4-1;8-5-6-3-1-2-4-7(6)9/h1-2,4-5H,3,6-7H2;1-5,9H. The molecule has 0 aromatic heterocycles.